The molecule has 2 aromatic rings. The van der Waals surface area contributed by atoms with Crippen LogP contribution in [0.25, 0.3) is 6.08 Å². The Bertz CT molecular complexity index is 1180. The summed E-state index contributed by atoms with van der Waals surface area (Å²) < 4.78 is 5.35. The topological polar surface area (TPSA) is 112 Å². The second-order valence-electron chi connectivity index (χ2n) is 10.1. The van der Waals surface area contributed by atoms with Gasteiger partial charge in [-0.1, -0.05) is 62.9 Å². The van der Waals surface area contributed by atoms with E-state index in [1.807, 2.05) is 31.2 Å². The van der Waals surface area contributed by atoms with Crippen LogP contribution in [0, 0.1) is 24.2 Å². The van der Waals surface area contributed by atoms with Crippen LogP contribution in [0.15, 0.2) is 55.1 Å². The number of alkyl carbamates (subject to hydrolysis) is 1. The van der Waals surface area contributed by atoms with Crippen molar-refractivity contribution < 1.29 is 19.1 Å². The van der Waals surface area contributed by atoms with E-state index < -0.39 is 35.6 Å². The van der Waals surface area contributed by atoms with E-state index in [9.17, 15) is 19.6 Å². The first-order valence-corrected chi connectivity index (χ1v) is 12.1. The van der Waals surface area contributed by atoms with Gasteiger partial charge >= 0.3 is 6.09 Å². The van der Waals surface area contributed by atoms with Crippen molar-refractivity contribution in [2.45, 2.75) is 59.2 Å². The van der Waals surface area contributed by atoms with Crippen molar-refractivity contribution in [2.75, 3.05) is 11.9 Å². The Balaban J connectivity index is 2.54. The van der Waals surface area contributed by atoms with Gasteiger partial charge in [0, 0.05) is 5.69 Å². The molecule has 0 saturated heterocycles. The summed E-state index contributed by atoms with van der Waals surface area (Å²) in [6, 6.07) is 14.2. The number of rotatable bonds is 9. The first-order chi connectivity index (χ1) is 17.4. The molecule has 0 aliphatic rings. The van der Waals surface area contributed by atoms with Crippen LogP contribution in [-0.4, -0.2) is 41.0 Å². The summed E-state index contributed by atoms with van der Waals surface area (Å²) in [4.78, 5) is 41.3. The Morgan fingerprint density at radius 2 is 1.81 bits per heavy atom. The number of hydrogen-bond donors (Lipinski definition) is 2. The van der Waals surface area contributed by atoms with Gasteiger partial charge in [-0.25, -0.2) is 4.79 Å². The summed E-state index contributed by atoms with van der Waals surface area (Å²) >= 11 is 0. The first kappa shape index (κ1) is 29.1. The fourth-order valence-electron chi connectivity index (χ4n) is 3.74. The lowest BCUT2D eigenvalue weighted by Gasteiger charge is -2.34. The summed E-state index contributed by atoms with van der Waals surface area (Å²) in [6.07, 6.45) is 0.878. The molecule has 0 heterocycles. The Morgan fingerprint density at radius 1 is 1.14 bits per heavy atom. The molecule has 0 aliphatic heterocycles. The number of para-hydroxylation sites is 1. The monoisotopic (exact) mass is 504 g/mol. The molecule has 2 N–H and O–H groups in total. The molecule has 2 atom stereocenters. The number of benzene rings is 2. The highest BCUT2D eigenvalue weighted by molar-refractivity contribution is 5.99. The number of carbonyl (C=O) groups is 3. The van der Waals surface area contributed by atoms with Gasteiger partial charge in [-0.2, -0.15) is 5.26 Å². The number of anilines is 1. The molecular weight excluding hydrogens is 468 g/mol. The van der Waals surface area contributed by atoms with E-state index in [1.54, 1.807) is 71.0 Å². The molecule has 37 heavy (non-hydrogen) atoms. The van der Waals surface area contributed by atoms with Crippen LogP contribution in [0.5, 0.6) is 0 Å². The molecular formula is C29H36N4O4. The van der Waals surface area contributed by atoms with E-state index in [4.69, 9.17) is 4.74 Å². The van der Waals surface area contributed by atoms with E-state index in [0.717, 1.165) is 11.1 Å². The average Bonchev–Trinajstić information content (AvgIpc) is 2.82. The van der Waals surface area contributed by atoms with Gasteiger partial charge in [0.05, 0.1) is 6.07 Å². The molecule has 0 aliphatic carbocycles. The van der Waals surface area contributed by atoms with E-state index in [2.05, 4.69) is 17.2 Å². The Hall–Kier alpha value is -4.12. The van der Waals surface area contributed by atoms with Crippen LogP contribution in [0.1, 0.15) is 57.4 Å². The highest BCUT2D eigenvalue weighted by Crippen LogP contribution is 2.27. The van der Waals surface area contributed by atoms with Crippen molar-refractivity contribution in [3.05, 3.63) is 71.8 Å². The van der Waals surface area contributed by atoms with E-state index in [-0.39, 0.29) is 12.5 Å². The molecule has 0 fully saturated rings. The molecule has 0 aromatic heterocycles. The van der Waals surface area contributed by atoms with Crippen LogP contribution in [0.3, 0.4) is 0 Å². The Morgan fingerprint density at radius 3 is 2.38 bits per heavy atom. The number of amides is 3. The second kappa shape index (κ2) is 12.7. The zero-order valence-electron chi connectivity index (χ0n) is 22.4. The molecule has 0 saturated carbocycles. The number of ether oxygens (including phenoxy) is 1. The standard InChI is InChI=1S/C29H36N4O4/c1-8-21-13-11-14-22(18-21)25(26(34)31-23-15-10-9-12-20(23)4)33(17-16-30)27(35)24(19(2)3)32-28(36)37-29(5,6)7/h8-15,18-19,24-25H,1,17H2,2-7H3,(H,31,34)(H,32,36). The lowest BCUT2D eigenvalue weighted by Crippen LogP contribution is -2.54. The van der Waals surface area contributed by atoms with Gasteiger partial charge in [-0.05, 0) is 62.4 Å². The van der Waals surface area contributed by atoms with E-state index in [1.165, 1.54) is 4.90 Å². The highest BCUT2D eigenvalue weighted by Gasteiger charge is 2.37. The second-order valence-corrected chi connectivity index (χ2v) is 10.1. The lowest BCUT2D eigenvalue weighted by atomic mass is 9.97. The fraction of sp³-hybridized carbons (Fsp3) is 0.379. The van der Waals surface area contributed by atoms with Gasteiger partial charge in [0.1, 0.15) is 24.2 Å². The van der Waals surface area contributed by atoms with Crippen molar-refractivity contribution in [1.82, 2.24) is 10.2 Å². The zero-order chi connectivity index (χ0) is 27.8. The minimum absolute atomic E-state index is 0.346. The van der Waals surface area contributed by atoms with Crippen LogP contribution in [0.4, 0.5) is 10.5 Å². The number of carbonyl (C=O) groups excluding carboxylic acids is 3. The average molecular weight is 505 g/mol. The van der Waals surface area contributed by atoms with Gasteiger partial charge in [-0.3, -0.25) is 9.59 Å². The summed E-state index contributed by atoms with van der Waals surface area (Å²) in [5.41, 5.74) is 1.94. The largest absolute Gasteiger partial charge is 0.444 e. The molecule has 8 heteroatoms. The van der Waals surface area contributed by atoms with Crippen molar-refractivity contribution in [3.8, 4) is 6.07 Å². The number of nitriles is 1. The van der Waals surface area contributed by atoms with Crippen molar-refractivity contribution >= 4 is 29.7 Å². The third kappa shape index (κ3) is 8.21. The predicted octanol–water partition coefficient (Wildman–Crippen LogP) is 5.22. The fourth-order valence-corrected chi connectivity index (χ4v) is 3.74. The number of hydrogen-bond acceptors (Lipinski definition) is 5. The zero-order valence-corrected chi connectivity index (χ0v) is 22.4. The molecule has 0 spiro atoms. The maximum Gasteiger partial charge on any atom is 0.408 e. The number of aryl methyl sites for hydroxylation is 1. The predicted molar refractivity (Wildman–Crippen MR) is 144 cm³/mol. The molecule has 196 valence electrons. The van der Waals surface area contributed by atoms with Gasteiger partial charge in [0.2, 0.25) is 5.91 Å². The normalized spacial score (nSPS) is 12.6. The molecule has 2 aromatic carbocycles. The van der Waals surface area contributed by atoms with Gasteiger partial charge in [0.25, 0.3) is 5.91 Å². The maximum atomic E-state index is 13.9. The molecule has 2 unspecified atom stereocenters. The van der Waals surface area contributed by atoms with Crippen molar-refractivity contribution in [3.63, 3.8) is 0 Å². The summed E-state index contributed by atoms with van der Waals surface area (Å²) in [7, 11) is 0. The van der Waals surface area contributed by atoms with Crippen LogP contribution < -0.4 is 10.6 Å². The van der Waals surface area contributed by atoms with Crippen LogP contribution >= 0.6 is 0 Å². The smallest absolute Gasteiger partial charge is 0.408 e. The Labute approximate surface area is 219 Å². The maximum absolute atomic E-state index is 13.9. The van der Waals surface area contributed by atoms with Crippen LogP contribution in [0.2, 0.25) is 0 Å². The molecule has 0 bridgehead atoms. The minimum Gasteiger partial charge on any atom is -0.444 e. The van der Waals surface area contributed by atoms with Crippen LogP contribution in [-0.2, 0) is 14.3 Å². The van der Waals surface area contributed by atoms with Gasteiger partial charge in [0.15, 0.2) is 0 Å². The first-order valence-electron chi connectivity index (χ1n) is 12.1. The molecule has 3 amide bonds. The molecule has 8 nitrogen and oxygen atoms in total. The van der Waals surface area contributed by atoms with Gasteiger partial charge < -0.3 is 20.3 Å². The lowest BCUT2D eigenvalue weighted by molar-refractivity contribution is -0.140. The molecule has 2 rings (SSSR count). The Kier molecular flexibility index (Phi) is 10.0. The summed E-state index contributed by atoms with van der Waals surface area (Å²) in [5.74, 6) is -1.41. The van der Waals surface area contributed by atoms with Gasteiger partial charge in [-0.15, -0.1) is 0 Å². The van der Waals surface area contributed by atoms with Crippen molar-refractivity contribution in [2.24, 2.45) is 5.92 Å². The number of nitrogens with one attached hydrogen (secondary N) is 2. The van der Waals surface area contributed by atoms with E-state index >= 15 is 0 Å². The SMILES string of the molecule is C=Cc1cccc(C(C(=O)Nc2ccccc2C)N(CC#N)C(=O)C(NC(=O)OC(C)(C)C)C(C)C)c1. The third-order valence-corrected chi connectivity index (χ3v) is 5.55. The molecule has 0 radical (unpaired) electrons. The highest BCUT2D eigenvalue weighted by atomic mass is 16.6. The summed E-state index contributed by atoms with van der Waals surface area (Å²) in [5, 5.41) is 15.2. The number of nitrogens with zero attached hydrogens (tertiary/aromatic N) is 2. The van der Waals surface area contributed by atoms with E-state index in [0.29, 0.717) is 11.3 Å². The minimum atomic E-state index is -1.15. The third-order valence-electron chi connectivity index (χ3n) is 5.55. The van der Waals surface area contributed by atoms with Crippen molar-refractivity contribution in [1.29, 1.82) is 5.26 Å². The summed E-state index contributed by atoms with van der Waals surface area (Å²) in [6.45, 7) is 14.0. The quantitative estimate of drug-likeness (QED) is 0.455.